The largest absolute Gasteiger partial charge is 0.325 e. The van der Waals surface area contributed by atoms with E-state index in [1.165, 1.54) is 26.2 Å². The van der Waals surface area contributed by atoms with Crippen LogP contribution in [-0.2, 0) is 19.6 Å². The van der Waals surface area contributed by atoms with E-state index in [-0.39, 0.29) is 29.5 Å². The van der Waals surface area contributed by atoms with Gasteiger partial charge in [0, 0.05) is 27.1 Å². The van der Waals surface area contributed by atoms with E-state index >= 15 is 0 Å². The number of anilines is 1. The molecule has 1 spiro atoms. The van der Waals surface area contributed by atoms with Crippen molar-refractivity contribution in [1.29, 1.82) is 0 Å². The zero-order valence-corrected chi connectivity index (χ0v) is 16.7. The van der Waals surface area contributed by atoms with Crippen LogP contribution in [0.4, 0.5) is 10.5 Å². The van der Waals surface area contributed by atoms with Gasteiger partial charge in [0.25, 0.3) is 5.91 Å². The summed E-state index contributed by atoms with van der Waals surface area (Å²) in [6.45, 7) is -0.0547. The normalized spacial score (nSPS) is 18.8. The topological polar surface area (TPSA) is 116 Å². The molecule has 0 bridgehead atoms. The van der Waals surface area contributed by atoms with Crippen molar-refractivity contribution >= 4 is 33.6 Å². The molecule has 1 heterocycles. The Hall–Kier alpha value is -2.46. The van der Waals surface area contributed by atoms with Crippen LogP contribution in [0.2, 0.25) is 0 Å². The van der Waals surface area contributed by atoms with Gasteiger partial charge < -0.3 is 10.6 Å². The smallest absolute Gasteiger partial charge is 0.325 e. The highest BCUT2D eigenvalue weighted by atomic mass is 32.2. The van der Waals surface area contributed by atoms with Crippen LogP contribution >= 0.6 is 0 Å². The number of para-hydroxylation sites is 1. The summed E-state index contributed by atoms with van der Waals surface area (Å²) in [7, 11) is -0.912. The van der Waals surface area contributed by atoms with Crippen LogP contribution in [0.5, 0.6) is 0 Å². The Kier molecular flexibility index (Phi) is 5.44. The predicted molar refractivity (Wildman–Crippen MR) is 102 cm³/mol. The van der Waals surface area contributed by atoms with Gasteiger partial charge in [-0.1, -0.05) is 25.0 Å². The summed E-state index contributed by atoms with van der Waals surface area (Å²) in [4.78, 5) is 38.2. The van der Waals surface area contributed by atoms with E-state index in [2.05, 4.69) is 10.6 Å². The first kappa shape index (κ1) is 20.3. The van der Waals surface area contributed by atoms with E-state index in [1.54, 1.807) is 12.1 Å². The quantitative estimate of drug-likeness (QED) is 0.685. The second-order valence-corrected chi connectivity index (χ2v) is 9.38. The number of nitrogens with zero attached hydrogens (tertiary/aromatic N) is 2. The maximum atomic E-state index is 12.6. The van der Waals surface area contributed by atoms with Crippen molar-refractivity contribution in [3.05, 3.63) is 24.3 Å². The number of nitrogens with one attached hydrogen (secondary N) is 2. The molecule has 0 aromatic heterocycles. The summed E-state index contributed by atoms with van der Waals surface area (Å²) in [6.07, 6.45) is 2.90. The summed E-state index contributed by atoms with van der Waals surface area (Å²) in [5.74, 6) is -0.757. The molecule has 2 fully saturated rings. The first-order valence-corrected chi connectivity index (χ1v) is 10.6. The molecule has 10 heteroatoms. The van der Waals surface area contributed by atoms with Crippen LogP contribution in [0, 0.1) is 0 Å². The van der Waals surface area contributed by atoms with Crippen molar-refractivity contribution in [3.63, 3.8) is 0 Å². The maximum Gasteiger partial charge on any atom is 0.325 e. The second-order valence-electron chi connectivity index (χ2n) is 7.26. The molecule has 0 unspecified atom stereocenters. The second kappa shape index (κ2) is 7.51. The standard InChI is InChI=1S/C18H24N4O5S/c1-21(2)28(26,27)14-8-4-3-7-13(14)19-15(23)9-12-22-16(24)18(20-17(22)25)10-5-6-11-18/h3-4,7-8H,5-6,9-12H2,1-2H3,(H,19,23)(H,20,25). The number of amides is 4. The lowest BCUT2D eigenvalue weighted by molar-refractivity contribution is -0.131. The Labute approximate surface area is 164 Å². The lowest BCUT2D eigenvalue weighted by Gasteiger charge is -2.20. The molecular weight excluding hydrogens is 384 g/mol. The number of urea groups is 1. The van der Waals surface area contributed by atoms with Gasteiger partial charge in [0.05, 0.1) is 5.69 Å². The summed E-state index contributed by atoms with van der Waals surface area (Å²) < 4.78 is 25.9. The van der Waals surface area contributed by atoms with Crippen LogP contribution in [0.15, 0.2) is 29.2 Å². The van der Waals surface area contributed by atoms with Gasteiger partial charge in [0.15, 0.2) is 0 Å². The molecular formula is C18H24N4O5S. The highest BCUT2D eigenvalue weighted by molar-refractivity contribution is 7.89. The summed E-state index contributed by atoms with van der Waals surface area (Å²) in [5.41, 5.74) is -0.648. The first-order valence-electron chi connectivity index (χ1n) is 9.13. The monoisotopic (exact) mass is 408 g/mol. The lowest BCUT2D eigenvalue weighted by atomic mass is 9.98. The third-order valence-corrected chi connectivity index (χ3v) is 7.06. The van der Waals surface area contributed by atoms with Crippen molar-refractivity contribution in [1.82, 2.24) is 14.5 Å². The average molecular weight is 408 g/mol. The minimum Gasteiger partial charge on any atom is -0.325 e. The summed E-state index contributed by atoms with van der Waals surface area (Å²) in [5, 5.41) is 5.34. The Morgan fingerprint density at radius 2 is 1.86 bits per heavy atom. The summed E-state index contributed by atoms with van der Waals surface area (Å²) in [6, 6.07) is 5.61. The van der Waals surface area contributed by atoms with Gasteiger partial charge in [0.2, 0.25) is 15.9 Å². The molecule has 9 nitrogen and oxygen atoms in total. The zero-order valence-electron chi connectivity index (χ0n) is 15.9. The number of hydrogen-bond donors (Lipinski definition) is 2. The van der Waals surface area contributed by atoms with Crippen LogP contribution in [-0.4, -0.2) is 61.6 Å². The molecule has 1 aliphatic carbocycles. The zero-order chi connectivity index (χ0) is 20.5. The molecule has 1 aromatic carbocycles. The Morgan fingerprint density at radius 1 is 1.21 bits per heavy atom. The van der Waals surface area contributed by atoms with Gasteiger partial charge in [-0.25, -0.2) is 17.5 Å². The Balaban J connectivity index is 1.66. The molecule has 2 aliphatic rings. The summed E-state index contributed by atoms with van der Waals surface area (Å²) >= 11 is 0. The van der Waals surface area contributed by atoms with Crippen molar-refractivity contribution in [2.75, 3.05) is 26.0 Å². The fraction of sp³-hybridized carbons (Fsp3) is 0.500. The molecule has 4 amide bonds. The van der Waals surface area contributed by atoms with E-state index in [1.807, 2.05) is 0 Å². The average Bonchev–Trinajstić information content (AvgIpc) is 3.19. The number of imide groups is 1. The molecule has 0 radical (unpaired) electrons. The minimum absolute atomic E-state index is 0.0201. The molecule has 2 N–H and O–H groups in total. The number of carbonyl (C=O) groups is 3. The molecule has 1 saturated heterocycles. The SMILES string of the molecule is CN(C)S(=O)(=O)c1ccccc1NC(=O)CCN1C(=O)NC2(CCCC2)C1=O. The third-order valence-electron chi connectivity index (χ3n) is 5.19. The number of rotatable bonds is 6. The maximum absolute atomic E-state index is 12.6. The molecule has 1 aromatic rings. The predicted octanol–water partition coefficient (Wildman–Crippen LogP) is 1.13. The van der Waals surface area contributed by atoms with E-state index in [0.29, 0.717) is 12.8 Å². The van der Waals surface area contributed by atoms with Gasteiger partial charge >= 0.3 is 6.03 Å². The molecule has 152 valence electrons. The van der Waals surface area contributed by atoms with Crippen molar-refractivity contribution in [2.24, 2.45) is 0 Å². The first-order chi connectivity index (χ1) is 13.2. The van der Waals surface area contributed by atoms with E-state index in [4.69, 9.17) is 0 Å². The van der Waals surface area contributed by atoms with E-state index in [9.17, 15) is 22.8 Å². The van der Waals surface area contributed by atoms with E-state index < -0.39 is 27.5 Å². The van der Waals surface area contributed by atoms with Crippen LogP contribution in [0.25, 0.3) is 0 Å². The molecule has 1 saturated carbocycles. The molecule has 28 heavy (non-hydrogen) atoms. The van der Waals surface area contributed by atoms with Crippen molar-refractivity contribution in [2.45, 2.75) is 42.5 Å². The fourth-order valence-corrected chi connectivity index (χ4v) is 4.66. The van der Waals surface area contributed by atoms with Gasteiger partial charge in [-0.2, -0.15) is 0 Å². The van der Waals surface area contributed by atoms with Crippen molar-refractivity contribution < 1.29 is 22.8 Å². The van der Waals surface area contributed by atoms with Crippen molar-refractivity contribution in [3.8, 4) is 0 Å². The molecule has 0 atom stereocenters. The number of sulfonamides is 1. The number of benzene rings is 1. The van der Waals surface area contributed by atoms with Crippen LogP contribution < -0.4 is 10.6 Å². The van der Waals surface area contributed by atoms with Crippen LogP contribution in [0.3, 0.4) is 0 Å². The van der Waals surface area contributed by atoms with Gasteiger partial charge in [-0.05, 0) is 25.0 Å². The molecule has 1 aliphatic heterocycles. The highest BCUT2D eigenvalue weighted by Crippen LogP contribution is 2.35. The van der Waals surface area contributed by atoms with E-state index in [0.717, 1.165) is 22.0 Å². The third kappa shape index (κ3) is 3.61. The van der Waals surface area contributed by atoms with Gasteiger partial charge in [-0.3, -0.25) is 14.5 Å². The van der Waals surface area contributed by atoms with Gasteiger partial charge in [0.1, 0.15) is 10.4 Å². The number of hydrogen-bond acceptors (Lipinski definition) is 5. The lowest BCUT2D eigenvalue weighted by Crippen LogP contribution is -2.44. The molecule has 3 rings (SSSR count). The Bertz CT molecular complexity index is 906. The Morgan fingerprint density at radius 3 is 2.50 bits per heavy atom. The van der Waals surface area contributed by atoms with Crippen LogP contribution in [0.1, 0.15) is 32.1 Å². The van der Waals surface area contributed by atoms with Gasteiger partial charge in [-0.15, -0.1) is 0 Å². The minimum atomic E-state index is -3.73. The number of carbonyl (C=O) groups excluding carboxylic acids is 3. The highest BCUT2D eigenvalue weighted by Gasteiger charge is 2.52. The fourth-order valence-electron chi connectivity index (χ4n) is 3.61.